The molecule has 0 unspecified atom stereocenters. The molecule has 2 rings (SSSR count). The summed E-state index contributed by atoms with van der Waals surface area (Å²) in [5.74, 6) is 0. The number of thiophene rings is 1. The smallest absolute Gasteiger partial charge is 0.241 e. The second-order valence-electron chi connectivity index (χ2n) is 4.96. The van der Waals surface area contributed by atoms with E-state index < -0.39 is 10.0 Å². The van der Waals surface area contributed by atoms with Gasteiger partial charge in [0.1, 0.15) is 0 Å². The van der Waals surface area contributed by atoms with Crippen LogP contribution in [0.2, 0.25) is 0 Å². The van der Waals surface area contributed by atoms with Gasteiger partial charge in [0.05, 0.1) is 4.90 Å². The Bertz CT molecular complexity index is 509. The first-order chi connectivity index (χ1) is 9.63. The first kappa shape index (κ1) is 15.9. The first-order valence-electron chi connectivity index (χ1n) is 6.92. The summed E-state index contributed by atoms with van der Waals surface area (Å²) in [6.07, 6.45) is 4.04. The van der Waals surface area contributed by atoms with Crippen molar-refractivity contribution >= 4 is 21.4 Å². The average molecular weight is 318 g/mol. The van der Waals surface area contributed by atoms with Crippen molar-refractivity contribution in [1.82, 2.24) is 10.0 Å². The normalized spacial score (nSPS) is 15.7. The molecule has 0 spiro atoms. The molecule has 0 bridgehead atoms. The third-order valence-corrected chi connectivity index (χ3v) is 5.79. The number of hydrogen-bond donors (Lipinski definition) is 2. The molecule has 0 radical (unpaired) electrons. The zero-order chi connectivity index (χ0) is 14.4. The van der Waals surface area contributed by atoms with Crippen LogP contribution in [0.4, 0.5) is 0 Å². The van der Waals surface area contributed by atoms with Crippen LogP contribution >= 0.6 is 11.3 Å². The van der Waals surface area contributed by atoms with E-state index in [-0.39, 0.29) is 0 Å². The van der Waals surface area contributed by atoms with Gasteiger partial charge in [-0.2, -0.15) is 0 Å². The van der Waals surface area contributed by atoms with Gasteiger partial charge in [0.2, 0.25) is 10.0 Å². The Morgan fingerprint density at radius 1 is 1.40 bits per heavy atom. The first-order valence-corrected chi connectivity index (χ1v) is 9.28. The zero-order valence-electron chi connectivity index (χ0n) is 11.7. The minimum absolute atomic E-state index is 0.419. The maximum Gasteiger partial charge on any atom is 0.241 e. The molecule has 0 saturated heterocycles. The zero-order valence-corrected chi connectivity index (χ0v) is 13.4. The lowest BCUT2D eigenvalue weighted by molar-refractivity contribution is 0.193. The van der Waals surface area contributed by atoms with E-state index in [9.17, 15) is 8.42 Å². The van der Waals surface area contributed by atoms with Gasteiger partial charge in [0.15, 0.2) is 0 Å². The van der Waals surface area contributed by atoms with Gasteiger partial charge in [0.25, 0.3) is 0 Å². The van der Waals surface area contributed by atoms with Crippen LogP contribution < -0.4 is 10.0 Å². The van der Waals surface area contributed by atoms with Crippen molar-refractivity contribution in [3.05, 3.63) is 16.3 Å². The lowest BCUT2D eigenvalue weighted by Crippen LogP contribution is -2.26. The molecule has 0 aliphatic heterocycles. The molecule has 0 aromatic carbocycles. The monoisotopic (exact) mass is 318 g/mol. The van der Waals surface area contributed by atoms with Gasteiger partial charge in [-0.25, -0.2) is 13.1 Å². The van der Waals surface area contributed by atoms with Gasteiger partial charge in [0, 0.05) is 37.7 Å². The summed E-state index contributed by atoms with van der Waals surface area (Å²) < 4.78 is 32.1. The van der Waals surface area contributed by atoms with Gasteiger partial charge in [-0.15, -0.1) is 11.3 Å². The van der Waals surface area contributed by atoms with Crippen molar-refractivity contribution in [2.24, 2.45) is 0 Å². The Hall–Kier alpha value is -0.470. The van der Waals surface area contributed by atoms with Crippen molar-refractivity contribution in [2.75, 3.05) is 20.3 Å². The standard InChI is InChI=1S/C13H22N2O3S2/c1-18-8-3-2-7-15-20(16,17)13-6-9-19-12(13)10-14-11-4-5-11/h6,9,11,14-15H,2-5,7-8,10H2,1H3. The Labute approximate surface area is 124 Å². The lowest BCUT2D eigenvalue weighted by Gasteiger charge is -2.08. The SMILES string of the molecule is COCCCCNS(=O)(=O)c1ccsc1CNC1CC1. The van der Waals surface area contributed by atoms with Crippen LogP contribution in [-0.2, 0) is 21.3 Å². The molecule has 2 N–H and O–H groups in total. The molecule has 1 heterocycles. The fraction of sp³-hybridized carbons (Fsp3) is 0.692. The molecule has 20 heavy (non-hydrogen) atoms. The Balaban J connectivity index is 1.85. The summed E-state index contributed by atoms with van der Waals surface area (Å²) in [4.78, 5) is 1.31. The van der Waals surface area contributed by atoms with E-state index in [4.69, 9.17) is 4.74 Å². The quantitative estimate of drug-likeness (QED) is 0.645. The summed E-state index contributed by atoms with van der Waals surface area (Å²) >= 11 is 1.49. The minimum Gasteiger partial charge on any atom is -0.385 e. The molecular formula is C13H22N2O3S2. The summed E-state index contributed by atoms with van der Waals surface area (Å²) in [5.41, 5.74) is 0. The molecule has 1 aliphatic carbocycles. The molecule has 1 fully saturated rings. The largest absolute Gasteiger partial charge is 0.385 e. The van der Waals surface area contributed by atoms with E-state index in [1.165, 1.54) is 24.2 Å². The highest BCUT2D eigenvalue weighted by molar-refractivity contribution is 7.89. The van der Waals surface area contributed by atoms with E-state index in [0.29, 0.717) is 30.6 Å². The van der Waals surface area contributed by atoms with E-state index >= 15 is 0 Å². The highest BCUT2D eigenvalue weighted by atomic mass is 32.2. The highest BCUT2D eigenvalue weighted by Gasteiger charge is 2.23. The van der Waals surface area contributed by atoms with Gasteiger partial charge < -0.3 is 10.1 Å². The van der Waals surface area contributed by atoms with Crippen molar-refractivity contribution < 1.29 is 13.2 Å². The van der Waals surface area contributed by atoms with Gasteiger partial charge in [-0.05, 0) is 37.1 Å². The summed E-state index contributed by atoms with van der Waals surface area (Å²) in [5, 5.41) is 5.19. The van der Waals surface area contributed by atoms with E-state index in [1.807, 2.05) is 5.38 Å². The molecule has 0 atom stereocenters. The summed E-state index contributed by atoms with van der Waals surface area (Å²) in [6, 6.07) is 2.26. The number of sulfonamides is 1. The van der Waals surface area contributed by atoms with Crippen molar-refractivity contribution in [3.8, 4) is 0 Å². The number of nitrogens with one attached hydrogen (secondary N) is 2. The molecule has 1 aromatic heterocycles. The van der Waals surface area contributed by atoms with Crippen LogP contribution in [-0.4, -0.2) is 34.7 Å². The molecule has 1 aromatic rings. The molecule has 7 heteroatoms. The van der Waals surface area contributed by atoms with E-state index in [2.05, 4.69) is 10.0 Å². The minimum atomic E-state index is -3.38. The fourth-order valence-electron chi connectivity index (χ4n) is 1.88. The van der Waals surface area contributed by atoms with Crippen molar-refractivity contribution in [3.63, 3.8) is 0 Å². The van der Waals surface area contributed by atoms with Crippen LogP contribution in [0, 0.1) is 0 Å². The topological polar surface area (TPSA) is 67.4 Å². The molecule has 0 amide bonds. The predicted molar refractivity (Wildman–Crippen MR) is 80.5 cm³/mol. The van der Waals surface area contributed by atoms with Crippen LogP contribution in [0.25, 0.3) is 0 Å². The lowest BCUT2D eigenvalue weighted by atomic mass is 10.3. The number of methoxy groups -OCH3 is 1. The Morgan fingerprint density at radius 3 is 2.90 bits per heavy atom. The van der Waals surface area contributed by atoms with Crippen molar-refractivity contribution in [2.45, 2.75) is 43.2 Å². The van der Waals surface area contributed by atoms with Crippen LogP contribution in [0.1, 0.15) is 30.6 Å². The predicted octanol–water partition coefficient (Wildman–Crippen LogP) is 1.71. The Kier molecular flexibility index (Phi) is 5.98. The number of ether oxygens (including phenoxy) is 1. The van der Waals surface area contributed by atoms with Gasteiger partial charge in [-0.3, -0.25) is 0 Å². The molecule has 5 nitrogen and oxygen atoms in total. The van der Waals surface area contributed by atoms with Gasteiger partial charge >= 0.3 is 0 Å². The van der Waals surface area contributed by atoms with Crippen LogP contribution in [0.15, 0.2) is 16.3 Å². The van der Waals surface area contributed by atoms with Crippen LogP contribution in [0.3, 0.4) is 0 Å². The summed E-state index contributed by atoms with van der Waals surface area (Å²) in [7, 11) is -1.74. The molecule has 1 saturated carbocycles. The van der Waals surface area contributed by atoms with Crippen LogP contribution in [0.5, 0.6) is 0 Å². The maximum absolute atomic E-state index is 12.2. The third kappa shape index (κ3) is 4.82. The molecular weight excluding hydrogens is 296 g/mol. The Morgan fingerprint density at radius 2 is 2.20 bits per heavy atom. The second-order valence-corrected chi connectivity index (χ2v) is 7.70. The number of unbranched alkanes of at least 4 members (excludes halogenated alkanes) is 1. The molecule has 114 valence electrons. The third-order valence-electron chi connectivity index (χ3n) is 3.19. The average Bonchev–Trinajstić information content (AvgIpc) is 3.12. The van der Waals surface area contributed by atoms with Gasteiger partial charge in [-0.1, -0.05) is 0 Å². The second kappa shape index (κ2) is 7.51. The summed E-state index contributed by atoms with van der Waals surface area (Å²) in [6.45, 7) is 1.76. The van der Waals surface area contributed by atoms with E-state index in [0.717, 1.165) is 17.7 Å². The number of hydrogen-bond acceptors (Lipinski definition) is 5. The maximum atomic E-state index is 12.2. The van der Waals surface area contributed by atoms with E-state index in [1.54, 1.807) is 13.2 Å². The highest BCUT2D eigenvalue weighted by Crippen LogP contribution is 2.24. The van der Waals surface area contributed by atoms with Crippen molar-refractivity contribution in [1.29, 1.82) is 0 Å². The molecule has 1 aliphatic rings. The number of rotatable bonds is 10. The fourth-order valence-corrected chi connectivity index (χ4v) is 4.34.